The van der Waals surface area contributed by atoms with Crippen molar-refractivity contribution in [2.24, 2.45) is 5.92 Å². The lowest BCUT2D eigenvalue weighted by Crippen LogP contribution is -2.41. The van der Waals surface area contributed by atoms with E-state index in [1.165, 1.54) is 12.1 Å². The van der Waals surface area contributed by atoms with Crippen molar-refractivity contribution >= 4 is 17.3 Å². The normalized spacial score (nSPS) is 18.4. The highest BCUT2D eigenvalue weighted by atomic mass is 19.3. The molecular formula is C17H21F2N3O4. The first-order chi connectivity index (χ1) is 12.5. The second kappa shape index (κ2) is 7.84. The Morgan fingerprint density at radius 2 is 1.85 bits per heavy atom. The number of benzene rings is 1. The largest absolute Gasteiger partial charge is 0.432 e. The highest BCUT2D eigenvalue weighted by Gasteiger charge is 2.31. The Bertz CT molecular complexity index is 672. The third-order valence-electron chi connectivity index (χ3n) is 4.97. The quantitative estimate of drug-likeness (QED) is 0.589. The third-order valence-corrected chi connectivity index (χ3v) is 4.97. The average molecular weight is 369 g/mol. The molecular weight excluding hydrogens is 348 g/mol. The van der Waals surface area contributed by atoms with Crippen LogP contribution in [0.4, 0.5) is 20.2 Å². The molecule has 2 fully saturated rings. The van der Waals surface area contributed by atoms with E-state index in [1.807, 2.05) is 9.80 Å². The topological polar surface area (TPSA) is 75.9 Å². The summed E-state index contributed by atoms with van der Waals surface area (Å²) in [7, 11) is 0. The Morgan fingerprint density at radius 1 is 1.19 bits per heavy atom. The minimum atomic E-state index is -3.06. The first kappa shape index (κ1) is 18.3. The molecule has 0 aromatic heterocycles. The van der Waals surface area contributed by atoms with Crippen LogP contribution in [0.3, 0.4) is 0 Å². The zero-order valence-electron chi connectivity index (χ0n) is 14.3. The highest BCUT2D eigenvalue weighted by Crippen LogP contribution is 2.36. The number of hydrogen-bond donors (Lipinski definition) is 0. The molecule has 3 rings (SSSR count). The van der Waals surface area contributed by atoms with Crippen molar-refractivity contribution in [3.63, 3.8) is 0 Å². The number of halogens is 2. The minimum absolute atomic E-state index is 0.0538. The van der Waals surface area contributed by atoms with Gasteiger partial charge in [0, 0.05) is 38.2 Å². The van der Waals surface area contributed by atoms with Gasteiger partial charge in [-0.15, -0.1) is 0 Å². The standard InChI is InChI=1S/C17H21F2N3O4/c18-17(19)26-15-11-13(22(24)25)3-4-14(15)20-9-5-12(6-10-20)16(23)21-7-1-2-8-21/h3-4,11-12,17H,1-2,5-10H2. The van der Waals surface area contributed by atoms with Gasteiger partial charge in [-0.25, -0.2) is 0 Å². The highest BCUT2D eigenvalue weighted by molar-refractivity contribution is 5.79. The van der Waals surface area contributed by atoms with Gasteiger partial charge in [0.05, 0.1) is 16.7 Å². The van der Waals surface area contributed by atoms with E-state index >= 15 is 0 Å². The third kappa shape index (κ3) is 4.03. The molecule has 26 heavy (non-hydrogen) atoms. The second-order valence-corrected chi connectivity index (χ2v) is 6.58. The molecule has 9 heteroatoms. The minimum Gasteiger partial charge on any atom is -0.432 e. The number of nitro benzene ring substituents is 1. The maximum absolute atomic E-state index is 12.7. The summed E-state index contributed by atoms with van der Waals surface area (Å²) in [5, 5.41) is 10.9. The molecule has 0 saturated carbocycles. The van der Waals surface area contributed by atoms with Gasteiger partial charge < -0.3 is 14.5 Å². The molecule has 0 N–H and O–H groups in total. The summed E-state index contributed by atoms with van der Waals surface area (Å²) in [6, 6.07) is 3.72. The number of likely N-dealkylation sites (tertiary alicyclic amines) is 1. The van der Waals surface area contributed by atoms with Crippen LogP contribution in [0, 0.1) is 16.0 Å². The van der Waals surface area contributed by atoms with Crippen LogP contribution in [-0.2, 0) is 4.79 Å². The SMILES string of the molecule is O=C(C1CCN(c2ccc([N+](=O)[O-])cc2OC(F)F)CC1)N1CCCC1. The smallest absolute Gasteiger partial charge is 0.387 e. The molecule has 1 aromatic rings. The van der Waals surface area contributed by atoms with Gasteiger partial charge in [-0.2, -0.15) is 8.78 Å². The molecule has 2 heterocycles. The van der Waals surface area contributed by atoms with Gasteiger partial charge in [-0.3, -0.25) is 14.9 Å². The molecule has 0 radical (unpaired) electrons. The molecule has 0 spiro atoms. The number of anilines is 1. The van der Waals surface area contributed by atoms with Crippen LogP contribution >= 0.6 is 0 Å². The van der Waals surface area contributed by atoms with Gasteiger partial charge >= 0.3 is 6.61 Å². The predicted molar refractivity (Wildman–Crippen MR) is 90.5 cm³/mol. The van der Waals surface area contributed by atoms with Crippen LogP contribution in [-0.4, -0.2) is 48.5 Å². The number of non-ortho nitro benzene ring substituents is 1. The number of alkyl halides is 2. The van der Waals surface area contributed by atoms with Crippen LogP contribution in [0.5, 0.6) is 5.75 Å². The summed E-state index contributed by atoms with van der Waals surface area (Å²) in [6.45, 7) is -0.407. The molecule has 1 aromatic carbocycles. The summed E-state index contributed by atoms with van der Waals surface area (Å²) in [6.07, 6.45) is 3.34. The van der Waals surface area contributed by atoms with Crippen molar-refractivity contribution in [3.05, 3.63) is 28.3 Å². The van der Waals surface area contributed by atoms with E-state index in [0.29, 0.717) is 31.6 Å². The molecule has 2 aliphatic rings. The van der Waals surface area contributed by atoms with Crippen molar-refractivity contribution in [2.45, 2.75) is 32.3 Å². The summed E-state index contributed by atoms with van der Waals surface area (Å²) in [4.78, 5) is 26.5. The molecule has 0 aliphatic carbocycles. The molecule has 2 saturated heterocycles. The number of rotatable bonds is 5. The van der Waals surface area contributed by atoms with E-state index < -0.39 is 11.5 Å². The van der Waals surface area contributed by atoms with Crippen LogP contribution in [0.1, 0.15) is 25.7 Å². The summed E-state index contributed by atoms with van der Waals surface area (Å²) in [5.74, 6) is -0.0877. The molecule has 0 atom stereocenters. The molecule has 2 aliphatic heterocycles. The van der Waals surface area contributed by atoms with Crippen molar-refractivity contribution in [3.8, 4) is 5.75 Å². The number of piperidine rings is 1. The van der Waals surface area contributed by atoms with Crippen molar-refractivity contribution in [1.82, 2.24) is 4.90 Å². The molecule has 1 amide bonds. The Hall–Kier alpha value is -2.45. The van der Waals surface area contributed by atoms with Gasteiger partial charge in [0.1, 0.15) is 0 Å². The first-order valence-electron chi connectivity index (χ1n) is 8.72. The zero-order chi connectivity index (χ0) is 18.7. The van der Waals surface area contributed by atoms with Crippen molar-refractivity contribution in [1.29, 1.82) is 0 Å². The number of amides is 1. The fraction of sp³-hybridized carbons (Fsp3) is 0.588. The van der Waals surface area contributed by atoms with Gasteiger partial charge in [-0.1, -0.05) is 0 Å². The molecule has 7 nitrogen and oxygen atoms in total. The lowest BCUT2D eigenvalue weighted by atomic mass is 9.95. The molecule has 142 valence electrons. The summed E-state index contributed by atoms with van der Waals surface area (Å²) >= 11 is 0. The fourth-order valence-corrected chi connectivity index (χ4v) is 3.63. The van der Waals surface area contributed by atoms with Crippen molar-refractivity contribution in [2.75, 3.05) is 31.1 Å². The molecule has 0 bridgehead atoms. The second-order valence-electron chi connectivity index (χ2n) is 6.58. The van der Waals surface area contributed by atoms with Crippen LogP contribution < -0.4 is 9.64 Å². The van der Waals surface area contributed by atoms with Crippen LogP contribution in [0.2, 0.25) is 0 Å². The maximum atomic E-state index is 12.7. The van der Waals surface area contributed by atoms with Crippen molar-refractivity contribution < 1.29 is 23.2 Å². The predicted octanol–water partition coefficient (Wildman–Crippen LogP) is 3.04. The van der Waals surface area contributed by atoms with E-state index in [0.717, 1.165) is 32.0 Å². The average Bonchev–Trinajstić information content (AvgIpc) is 3.15. The van der Waals surface area contributed by atoms with Crippen LogP contribution in [0.25, 0.3) is 0 Å². The van der Waals surface area contributed by atoms with Crippen LogP contribution in [0.15, 0.2) is 18.2 Å². The van der Waals surface area contributed by atoms with E-state index in [1.54, 1.807) is 0 Å². The summed E-state index contributed by atoms with van der Waals surface area (Å²) < 4.78 is 29.9. The number of hydrogen-bond acceptors (Lipinski definition) is 5. The summed E-state index contributed by atoms with van der Waals surface area (Å²) in [5.41, 5.74) is 0.0893. The van der Waals surface area contributed by atoms with E-state index in [2.05, 4.69) is 4.74 Å². The zero-order valence-corrected chi connectivity index (χ0v) is 14.3. The van der Waals surface area contributed by atoms with Gasteiger partial charge in [0.15, 0.2) is 5.75 Å². The molecule has 0 unspecified atom stereocenters. The lowest BCUT2D eigenvalue weighted by Gasteiger charge is -2.35. The maximum Gasteiger partial charge on any atom is 0.387 e. The number of carbonyl (C=O) groups excluding carboxylic acids is 1. The van der Waals surface area contributed by atoms with Gasteiger partial charge in [0.2, 0.25) is 5.91 Å². The number of ether oxygens (including phenoxy) is 1. The van der Waals surface area contributed by atoms with Gasteiger partial charge in [0.25, 0.3) is 5.69 Å². The Labute approximate surface area is 149 Å². The van der Waals surface area contributed by atoms with E-state index in [9.17, 15) is 23.7 Å². The Morgan fingerprint density at radius 3 is 2.42 bits per heavy atom. The Balaban J connectivity index is 1.70. The lowest BCUT2D eigenvalue weighted by molar-refractivity contribution is -0.385. The fourth-order valence-electron chi connectivity index (χ4n) is 3.63. The first-order valence-corrected chi connectivity index (χ1v) is 8.72. The van der Waals surface area contributed by atoms with E-state index in [-0.39, 0.29) is 23.3 Å². The number of carbonyl (C=O) groups is 1. The number of nitro groups is 1. The monoisotopic (exact) mass is 369 g/mol. The van der Waals surface area contributed by atoms with Gasteiger partial charge in [-0.05, 0) is 31.7 Å². The number of nitrogens with zero attached hydrogens (tertiary/aromatic N) is 3. The van der Waals surface area contributed by atoms with E-state index in [4.69, 9.17) is 0 Å². The Kier molecular flexibility index (Phi) is 5.53.